The minimum Gasteiger partial charge on any atom is -0.454 e. The van der Waals surface area contributed by atoms with Gasteiger partial charge < -0.3 is 19.3 Å². The van der Waals surface area contributed by atoms with Crippen molar-refractivity contribution in [3.8, 4) is 17.6 Å². The summed E-state index contributed by atoms with van der Waals surface area (Å²) in [5.74, 6) is 0.951. The van der Waals surface area contributed by atoms with Crippen LogP contribution in [0.15, 0.2) is 18.2 Å². The van der Waals surface area contributed by atoms with Crippen molar-refractivity contribution < 1.29 is 19.1 Å². The lowest BCUT2D eigenvalue weighted by atomic mass is 9.79. The number of carbonyl (C=O) groups excluding carboxylic acids is 2. The third-order valence-electron chi connectivity index (χ3n) is 6.46. The van der Waals surface area contributed by atoms with E-state index in [4.69, 9.17) is 20.7 Å². The molecule has 3 saturated heterocycles. The molecule has 0 radical (unpaired) electrons. The van der Waals surface area contributed by atoms with Gasteiger partial charge in [0.25, 0.3) is 11.8 Å². The summed E-state index contributed by atoms with van der Waals surface area (Å²) < 4.78 is 10.9. The van der Waals surface area contributed by atoms with Crippen LogP contribution in [0.5, 0.6) is 11.5 Å². The summed E-state index contributed by atoms with van der Waals surface area (Å²) in [4.78, 5) is 28.2. The van der Waals surface area contributed by atoms with E-state index >= 15 is 0 Å². The SMILES string of the molecule is CN1C(=O)[C@@]23C[C@](C)(C#N)[C@H](c4ccc5c(c4)OCO5)N2C(=O)[C@]1(C)S3=S=S. The van der Waals surface area contributed by atoms with Gasteiger partial charge in [-0.1, -0.05) is 6.07 Å². The molecule has 0 aliphatic carbocycles. The van der Waals surface area contributed by atoms with Crippen molar-refractivity contribution in [2.75, 3.05) is 13.8 Å². The second-order valence-corrected chi connectivity index (χ2v) is 12.6. The molecule has 1 aromatic rings. The highest BCUT2D eigenvalue weighted by molar-refractivity contribution is 8.49. The smallest absolute Gasteiger partial charge is 0.261 e. The van der Waals surface area contributed by atoms with E-state index in [1.165, 1.54) is 4.90 Å². The fourth-order valence-corrected chi connectivity index (χ4v) is 11.8. The Bertz CT molecular complexity index is 1080. The highest BCUT2D eigenvalue weighted by Crippen LogP contribution is 2.65. The van der Waals surface area contributed by atoms with Gasteiger partial charge in [0.05, 0.1) is 17.5 Å². The Balaban J connectivity index is 1.76. The number of carbonyl (C=O) groups is 2. The lowest BCUT2D eigenvalue weighted by Gasteiger charge is -2.39. The molecule has 4 aliphatic rings. The van der Waals surface area contributed by atoms with Crippen LogP contribution in [0.25, 0.3) is 0 Å². The Kier molecular flexibility index (Phi) is 3.45. The second-order valence-electron chi connectivity index (χ2n) is 7.86. The fourth-order valence-electron chi connectivity index (χ4n) is 5.05. The van der Waals surface area contributed by atoms with Gasteiger partial charge in [0.1, 0.15) is 0 Å². The lowest BCUT2D eigenvalue weighted by molar-refractivity contribution is -0.159. The molecule has 1 aromatic carbocycles. The van der Waals surface area contributed by atoms with Crippen molar-refractivity contribution >= 4 is 41.3 Å². The van der Waals surface area contributed by atoms with Crippen molar-refractivity contribution in [2.45, 2.75) is 36.1 Å². The summed E-state index contributed by atoms with van der Waals surface area (Å²) >= 11 is 5.34. The summed E-state index contributed by atoms with van der Waals surface area (Å²) in [5.41, 5.74) is -0.162. The molecule has 4 aliphatic heterocycles. The molecule has 0 N–H and O–H groups in total. The van der Waals surface area contributed by atoms with Crippen molar-refractivity contribution in [1.29, 1.82) is 5.26 Å². The van der Waals surface area contributed by atoms with E-state index in [9.17, 15) is 14.9 Å². The third kappa shape index (κ3) is 1.72. The van der Waals surface area contributed by atoms with E-state index in [1.54, 1.807) is 24.9 Å². The molecule has 10 heteroatoms. The Morgan fingerprint density at radius 2 is 2.00 bits per heavy atom. The van der Waals surface area contributed by atoms with Gasteiger partial charge in [-0.15, -0.1) is 0 Å². The zero-order valence-electron chi connectivity index (χ0n) is 15.4. The van der Waals surface area contributed by atoms with Crippen LogP contribution in [-0.4, -0.2) is 45.2 Å². The molecule has 0 saturated carbocycles. The number of rotatable bonds is 1. The van der Waals surface area contributed by atoms with E-state index in [0.717, 1.165) is 14.4 Å². The van der Waals surface area contributed by atoms with Crippen LogP contribution in [0, 0.1) is 16.7 Å². The summed E-state index contributed by atoms with van der Waals surface area (Å²) in [7, 11) is 2.05. The van der Waals surface area contributed by atoms with Gasteiger partial charge >= 0.3 is 0 Å². The highest BCUT2D eigenvalue weighted by Gasteiger charge is 2.80. The predicted molar refractivity (Wildman–Crippen MR) is 106 cm³/mol. The van der Waals surface area contributed by atoms with Crippen LogP contribution in [0.4, 0.5) is 0 Å². The number of hydrogen-bond acceptors (Lipinski definition) is 6. The van der Waals surface area contributed by atoms with Gasteiger partial charge in [-0.2, -0.15) is 5.26 Å². The van der Waals surface area contributed by atoms with Gasteiger partial charge in [0.15, 0.2) is 21.2 Å². The number of nitrogens with zero attached hydrogens (tertiary/aromatic N) is 3. The molecule has 1 unspecified atom stereocenters. The third-order valence-corrected chi connectivity index (χ3v) is 12.3. The number of ether oxygens (including phenoxy) is 2. The van der Waals surface area contributed by atoms with Crippen molar-refractivity contribution in [3.63, 3.8) is 0 Å². The van der Waals surface area contributed by atoms with E-state index in [1.807, 2.05) is 19.1 Å². The molecule has 0 aromatic heterocycles. The first-order valence-corrected chi connectivity index (χ1v) is 12.2. The molecule has 2 bridgehead atoms. The first kappa shape index (κ1) is 18.1. The Morgan fingerprint density at radius 3 is 2.68 bits per heavy atom. The molecule has 1 spiro atoms. The maximum atomic E-state index is 13.6. The maximum absolute atomic E-state index is 13.6. The van der Waals surface area contributed by atoms with Crippen molar-refractivity contribution in [2.24, 2.45) is 5.41 Å². The zero-order chi connectivity index (χ0) is 20.1. The van der Waals surface area contributed by atoms with Gasteiger partial charge in [-0.3, -0.25) is 9.59 Å². The zero-order valence-corrected chi connectivity index (χ0v) is 17.9. The van der Waals surface area contributed by atoms with E-state index in [0.29, 0.717) is 11.5 Å². The summed E-state index contributed by atoms with van der Waals surface area (Å²) in [6.45, 7) is 3.76. The fraction of sp³-hybridized carbons (Fsp3) is 0.500. The van der Waals surface area contributed by atoms with Gasteiger partial charge in [-0.25, -0.2) is 0 Å². The molecule has 3 fully saturated rings. The van der Waals surface area contributed by atoms with Gasteiger partial charge in [-0.05, 0) is 61.1 Å². The molecule has 7 nitrogen and oxygen atoms in total. The highest BCUT2D eigenvalue weighted by atomic mass is 33.1. The topological polar surface area (TPSA) is 82.9 Å². The second kappa shape index (κ2) is 5.34. The number of benzene rings is 1. The summed E-state index contributed by atoms with van der Waals surface area (Å²) in [5, 5.41) is 10.1. The van der Waals surface area contributed by atoms with Gasteiger partial charge in [0, 0.05) is 13.5 Å². The molecule has 146 valence electrons. The average Bonchev–Trinajstić information content (AvgIpc) is 3.34. The minimum atomic E-state index is -1.07. The van der Waals surface area contributed by atoms with Crippen LogP contribution in [0.2, 0.25) is 0 Å². The summed E-state index contributed by atoms with van der Waals surface area (Å²) in [6, 6.07) is 7.29. The Hall–Kier alpha value is -1.96. The Morgan fingerprint density at radius 1 is 1.29 bits per heavy atom. The molecule has 28 heavy (non-hydrogen) atoms. The number of nitriles is 1. The molecular weight excluding hydrogens is 418 g/mol. The lowest BCUT2D eigenvalue weighted by Crippen LogP contribution is -2.60. The van der Waals surface area contributed by atoms with Crippen molar-refractivity contribution in [3.05, 3.63) is 23.8 Å². The quantitative estimate of drug-likeness (QED) is 0.659. The van der Waals surface area contributed by atoms with Crippen LogP contribution in [-0.2, 0) is 39.1 Å². The average molecular weight is 436 g/mol. The first-order chi connectivity index (χ1) is 13.3. The number of piperazine rings is 1. The number of hydrogen-bond donors (Lipinski definition) is 0. The molecule has 2 amide bonds. The largest absolute Gasteiger partial charge is 0.454 e. The number of fused-ring (bicyclic) bond motifs is 2. The van der Waals surface area contributed by atoms with Crippen LogP contribution in [0.1, 0.15) is 31.9 Å². The molecule has 5 rings (SSSR count). The molecule has 4 heterocycles. The normalized spacial score (nSPS) is 40.1. The first-order valence-electron chi connectivity index (χ1n) is 8.73. The molecule has 5 atom stereocenters. The van der Waals surface area contributed by atoms with Crippen molar-refractivity contribution in [1.82, 2.24) is 9.80 Å². The molecular formula is C18H17N3O4S3. The minimum absolute atomic E-state index is 0.125. The van der Waals surface area contributed by atoms with Crippen LogP contribution >= 0.6 is 0 Å². The Labute approximate surface area is 172 Å². The summed E-state index contributed by atoms with van der Waals surface area (Å²) in [6.07, 6.45) is 0.271. The monoisotopic (exact) mass is 435 g/mol. The van der Waals surface area contributed by atoms with Crippen LogP contribution in [0.3, 0.4) is 0 Å². The number of likely N-dealkylation sites (N-methyl/N-ethyl adjacent to an activating group) is 1. The number of amides is 2. The van der Waals surface area contributed by atoms with E-state index in [2.05, 4.69) is 6.07 Å². The predicted octanol–water partition coefficient (Wildman–Crippen LogP) is 1.19. The van der Waals surface area contributed by atoms with E-state index in [-0.39, 0.29) is 25.0 Å². The van der Waals surface area contributed by atoms with Gasteiger partial charge in [0.2, 0.25) is 6.79 Å². The van der Waals surface area contributed by atoms with Crippen LogP contribution < -0.4 is 9.47 Å². The van der Waals surface area contributed by atoms with E-state index < -0.39 is 30.7 Å². The standard InChI is InChI=1S/C18H17N3O4S3/c1-16(8-19)7-18-15(23)20(3)17(2,28(18)27-26)14(22)21(18)13(16)10-4-5-11-12(6-10)25-9-24-11/h4-6,13H,7,9H2,1-3H3/t13-,16+,17-,18-,28?/m0/s1. The maximum Gasteiger partial charge on any atom is 0.261 e.